The van der Waals surface area contributed by atoms with Crippen molar-refractivity contribution in [2.24, 2.45) is 0 Å². The number of carbonyl (C=O) groups is 2. The fraction of sp³-hybridized carbons (Fsp3) is 0.364. The monoisotopic (exact) mass is 271 g/mol. The minimum atomic E-state index is -3.62. The largest absolute Gasteiger partial charge is 0.465 e. The van der Waals surface area contributed by atoms with Crippen molar-refractivity contribution in [3.8, 4) is 0 Å². The third kappa shape index (κ3) is 3.13. The number of pyridine rings is 1. The van der Waals surface area contributed by atoms with Gasteiger partial charge >= 0.3 is 5.97 Å². The molecule has 0 aliphatic heterocycles. The molecule has 18 heavy (non-hydrogen) atoms. The second-order valence-electron chi connectivity index (χ2n) is 3.57. The molecule has 98 valence electrons. The van der Waals surface area contributed by atoms with Crippen LogP contribution >= 0.6 is 0 Å². The van der Waals surface area contributed by atoms with E-state index in [2.05, 4.69) is 9.72 Å². The lowest BCUT2D eigenvalue weighted by Crippen LogP contribution is -2.12. The summed E-state index contributed by atoms with van der Waals surface area (Å²) in [5.41, 5.74) is 0.348. The molecule has 0 N–H and O–H groups in total. The number of aryl methyl sites for hydroxylation is 1. The van der Waals surface area contributed by atoms with Gasteiger partial charge in [-0.15, -0.1) is 0 Å². The van der Waals surface area contributed by atoms with E-state index in [1.807, 2.05) is 0 Å². The average Bonchev–Trinajstić information content (AvgIpc) is 2.35. The van der Waals surface area contributed by atoms with E-state index in [1.165, 1.54) is 26.3 Å². The molecular weight excluding hydrogens is 258 g/mol. The molecule has 1 aromatic heterocycles. The number of carbonyl (C=O) groups excluding carboxylic acids is 2. The second-order valence-corrected chi connectivity index (χ2v) is 5.65. The van der Waals surface area contributed by atoms with Crippen molar-refractivity contribution in [3.63, 3.8) is 0 Å². The van der Waals surface area contributed by atoms with Crippen LogP contribution in [0.25, 0.3) is 0 Å². The third-order valence-corrected chi connectivity index (χ3v) is 4.16. The highest BCUT2D eigenvalue weighted by molar-refractivity contribution is 7.91. The molecule has 0 aliphatic carbocycles. The fourth-order valence-corrected chi connectivity index (χ4v) is 2.81. The zero-order valence-corrected chi connectivity index (χ0v) is 10.9. The van der Waals surface area contributed by atoms with Gasteiger partial charge in [-0.1, -0.05) is 0 Å². The van der Waals surface area contributed by atoms with E-state index < -0.39 is 15.8 Å². The number of hydrogen-bond acceptors (Lipinski definition) is 6. The van der Waals surface area contributed by atoms with Crippen LogP contribution in [0.15, 0.2) is 17.2 Å². The first-order valence-electron chi connectivity index (χ1n) is 5.13. The predicted octanol–water partition coefficient (Wildman–Crippen LogP) is 0.539. The van der Waals surface area contributed by atoms with Gasteiger partial charge in [0.25, 0.3) is 0 Å². The van der Waals surface area contributed by atoms with Crippen molar-refractivity contribution in [2.75, 3.05) is 12.9 Å². The molecule has 0 radical (unpaired) electrons. The first kappa shape index (κ1) is 14.3. The Bertz CT molecular complexity index is 565. The van der Waals surface area contributed by atoms with E-state index in [9.17, 15) is 18.0 Å². The van der Waals surface area contributed by atoms with Gasteiger partial charge in [-0.3, -0.25) is 4.98 Å². The molecular formula is C11H13NO5S. The number of ether oxygens (including phenoxy) is 1. The Kier molecular flexibility index (Phi) is 4.55. The summed E-state index contributed by atoms with van der Waals surface area (Å²) in [7, 11) is -2.42. The SMILES string of the molecule is COC(=O)c1cnc(C)c(S(=O)(=O)CCC=O)c1. The Balaban J connectivity index is 3.23. The molecule has 0 saturated carbocycles. The number of esters is 1. The minimum absolute atomic E-state index is 0.0488. The maximum atomic E-state index is 11.9. The third-order valence-electron chi connectivity index (χ3n) is 2.30. The van der Waals surface area contributed by atoms with Gasteiger partial charge in [0, 0.05) is 12.6 Å². The molecule has 0 aromatic carbocycles. The zero-order chi connectivity index (χ0) is 13.8. The number of rotatable bonds is 5. The Morgan fingerprint density at radius 3 is 2.72 bits per heavy atom. The highest BCUT2D eigenvalue weighted by Crippen LogP contribution is 2.17. The van der Waals surface area contributed by atoms with Crippen LogP contribution in [0.5, 0.6) is 0 Å². The van der Waals surface area contributed by atoms with Crippen molar-refractivity contribution in [2.45, 2.75) is 18.2 Å². The van der Waals surface area contributed by atoms with Gasteiger partial charge in [-0.25, -0.2) is 13.2 Å². The lowest BCUT2D eigenvalue weighted by atomic mass is 10.2. The van der Waals surface area contributed by atoms with Crippen LogP contribution in [-0.4, -0.2) is 38.5 Å². The van der Waals surface area contributed by atoms with Crippen molar-refractivity contribution in [1.29, 1.82) is 0 Å². The molecule has 0 amide bonds. The molecule has 0 fully saturated rings. The summed E-state index contributed by atoms with van der Waals surface area (Å²) in [5, 5.41) is 0. The van der Waals surface area contributed by atoms with Crippen LogP contribution < -0.4 is 0 Å². The first-order chi connectivity index (χ1) is 8.42. The van der Waals surface area contributed by atoms with Crippen LogP contribution in [0.2, 0.25) is 0 Å². The van der Waals surface area contributed by atoms with Crippen molar-refractivity contribution in [1.82, 2.24) is 4.98 Å². The molecule has 0 spiro atoms. The summed E-state index contributed by atoms with van der Waals surface area (Å²) in [5.74, 6) is -0.960. The van der Waals surface area contributed by atoms with Crippen molar-refractivity contribution in [3.05, 3.63) is 23.5 Å². The number of hydrogen-bond donors (Lipinski definition) is 0. The Morgan fingerprint density at radius 1 is 1.50 bits per heavy atom. The molecule has 1 heterocycles. The van der Waals surface area contributed by atoms with Crippen LogP contribution in [0, 0.1) is 6.92 Å². The normalized spacial score (nSPS) is 11.0. The molecule has 7 heteroatoms. The van der Waals surface area contributed by atoms with Crippen molar-refractivity contribution >= 4 is 22.1 Å². The quantitative estimate of drug-likeness (QED) is 0.573. The van der Waals surface area contributed by atoms with Gasteiger partial charge in [0.05, 0.1) is 29.0 Å². The summed E-state index contributed by atoms with van der Waals surface area (Å²) in [6.07, 6.45) is 1.69. The van der Waals surface area contributed by atoms with E-state index in [0.29, 0.717) is 6.29 Å². The number of methoxy groups -OCH3 is 1. The Labute approximate surface area is 105 Å². The summed E-state index contributed by atoms with van der Waals surface area (Å²) in [6, 6.07) is 1.22. The van der Waals surface area contributed by atoms with Gasteiger partial charge in [0.2, 0.25) is 0 Å². The number of aldehydes is 1. The van der Waals surface area contributed by atoms with E-state index >= 15 is 0 Å². The molecule has 0 aliphatic rings. The lowest BCUT2D eigenvalue weighted by Gasteiger charge is -2.07. The fourth-order valence-electron chi connectivity index (χ4n) is 1.37. The van der Waals surface area contributed by atoms with Crippen molar-refractivity contribution < 1.29 is 22.7 Å². The predicted molar refractivity (Wildman–Crippen MR) is 63.0 cm³/mol. The summed E-state index contributed by atoms with van der Waals surface area (Å²) < 4.78 is 28.3. The van der Waals surface area contributed by atoms with E-state index in [0.717, 1.165) is 0 Å². The van der Waals surface area contributed by atoms with Gasteiger partial charge in [-0.2, -0.15) is 0 Å². The average molecular weight is 271 g/mol. The van der Waals surface area contributed by atoms with Gasteiger partial charge < -0.3 is 9.53 Å². The highest BCUT2D eigenvalue weighted by atomic mass is 32.2. The first-order valence-corrected chi connectivity index (χ1v) is 6.79. The van der Waals surface area contributed by atoms with E-state index in [-0.39, 0.29) is 28.3 Å². The molecule has 0 atom stereocenters. The lowest BCUT2D eigenvalue weighted by molar-refractivity contribution is -0.107. The van der Waals surface area contributed by atoms with Gasteiger partial charge in [0.1, 0.15) is 6.29 Å². The Hall–Kier alpha value is -1.76. The highest BCUT2D eigenvalue weighted by Gasteiger charge is 2.20. The Morgan fingerprint density at radius 2 is 2.17 bits per heavy atom. The number of nitrogens with zero attached hydrogens (tertiary/aromatic N) is 1. The molecule has 1 aromatic rings. The van der Waals surface area contributed by atoms with E-state index in [4.69, 9.17) is 0 Å². The summed E-state index contributed by atoms with van der Waals surface area (Å²) in [6.45, 7) is 1.52. The molecule has 0 unspecified atom stereocenters. The smallest absolute Gasteiger partial charge is 0.339 e. The molecule has 1 rings (SSSR count). The summed E-state index contributed by atoms with van der Waals surface area (Å²) >= 11 is 0. The van der Waals surface area contributed by atoms with Crippen LogP contribution in [0.1, 0.15) is 22.5 Å². The molecule has 6 nitrogen and oxygen atoms in total. The summed E-state index contributed by atoms with van der Waals surface area (Å²) in [4.78, 5) is 25.3. The van der Waals surface area contributed by atoms with Crippen LogP contribution in [0.3, 0.4) is 0 Å². The van der Waals surface area contributed by atoms with Gasteiger partial charge in [-0.05, 0) is 13.0 Å². The van der Waals surface area contributed by atoms with E-state index in [1.54, 1.807) is 0 Å². The minimum Gasteiger partial charge on any atom is -0.465 e. The van der Waals surface area contributed by atoms with Gasteiger partial charge in [0.15, 0.2) is 9.84 Å². The van der Waals surface area contributed by atoms with Crippen LogP contribution in [-0.2, 0) is 19.4 Å². The standard InChI is InChI=1S/C11H13NO5S/c1-8-10(18(15,16)5-3-4-13)6-9(7-12-8)11(14)17-2/h4,6-7H,3,5H2,1-2H3. The maximum absolute atomic E-state index is 11.9. The topological polar surface area (TPSA) is 90.4 Å². The number of aromatic nitrogens is 1. The van der Waals surface area contributed by atoms with Crippen LogP contribution in [0.4, 0.5) is 0 Å². The zero-order valence-electron chi connectivity index (χ0n) is 10.0. The number of sulfone groups is 1. The maximum Gasteiger partial charge on any atom is 0.339 e. The molecule has 0 bridgehead atoms. The molecule has 0 saturated heterocycles. The second kappa shape index (κ2) is 5.72.